The molecule has 1 aliphatic heterocycles. The standard InChI is InChI=1S/C12H17N3O2/c13-10-2-1-5-14-11(10)12(17)15-6-3-9(8-16)4-7-15/h1-2,5,9,16H,3-4,6-8,13H2. The Balaban J connectivity index is 2.04. The number of pyridine rings is 1. The molecule has 1 fully saturated rings. The molecule has 3 N–H and O–H groups in total. The molecule has 0 radical (unpaired) electrons. The molecule has 2 heterocycles. The monoisotopic (exact) mass is 235 g/mol. The second-order valence-electron chi connectivity index (χ2n) is 4.36. The van der Waals surface area contributed by atoms with E-state index in [9.17, 15) is 4.79 Å². The predicted molar refractivity (Wildman–Crippen MR) is 64.4 cm³/mol. The van der Waals surface area contributed by atoms with Crippen molar-refractivity contribution in [3.05, 3.63) is 24.0 Å². The summed E-state index contributed by atoms with van der Waals surface area (Å²) in [6.07, 6.45) is 3.26. The number of hydrogen-bond donors (Lipinski definition) is 2. The third kappa shape index (κ3) is 2.55. The van der Waals surface area contributed by atoms with Crippen molar-refractivity contribution >= 4 is 11.6 Å². The zero-order valence-corrected chi connectivity index (χ0v) is 9.67. The summed E-state index contributed by atoms with van der Waals surface area (Å²) in [5.41, 5.74) is 6.48. The number of likely N-dealkylation sites (tertiary alicyclic amines) is 1. The highest BCUT2D eigenvalue weighted by atomic mass is 16.3. The van der Waals surface area contributed by atoms with Gasteiger partial charge in [-0.05, 0) is 30.9 Å². The second kappa shape index (κ2) is 5.14. The van der Waals surface area contributed by atoms with Gasteiger partial charge in [0.15, 0.2) is 5.69 Å². The van der Waals surface area contributed by atoms with E-state index in [2.05, 4.69) is 4.98 Å². The fourth-order valence-corrected chi connectivity index (χ4v) is 2.06. The first-order chi connectivity index (χ1) is 8.22. The molecule has 0 bridgehead atoms. The number of carbonyl (C=O) groups excluding carboxylic acids is 1. The molecule has 0 aliphatic carbocycles. The van der Waals surface area contributed by atoms with Gasteiger partial charge in [-0.25, -0.2) is 4.98 Å². The second-order valence-corrected chi connectivity index (χ2v) is 4.36. The average molecular weight is 235 g/mol. The number of anilines is 1. The molecule has 0 saturated carbocycles. The lowest BCUT2D eigenvalue weighted by Gasteiger charge is -2.31. The summed E-state index contributed by atoms with van der Waals surface area (Å²) in [6, 6.07) is 3.39. The minimum Gasteiger partial charge on any atom is -0.397 e. The maximum atomic E-state index is 12.1. The topological polar surface area (TPSA) is 79.5 Å². The Kier molecular flexibility index (Phi) is 3.58. The molecule has 1 amide bonds. The SMILES string of the molecule is Nc1cccnc1C(=O)N1CCC(CO)CC1. The zero-order valence-electron chi connectivity index (χ0n) is 9.67. The molecule has 5 nitrogen and oxygen atoms in total. The summed E-state index contributed by atoms with van der Waals surface area (Å²) in [5, 5.41) is 9.04. The summed E-state index contributed by atoms with van der Waals surface area (Å²) >= 11 is 0. The molecule has 17 heavy (non-hydrogen) atoms. The smallest absolute Gasteiger partial charge is 0.274 e. The Hall–Kier alpha value is -1.62. The molecule has 0 aromatic carbocycles. The number of amides is 1. The van der Waals surface area contributed by atoms with Crippen LogP contribution in [0.4, 0.5) is 5.69 Å². The first-order valence-corrected chi connectivity index (χ1v) is 5.83. The van der Waals surface area contributed by atoms with Gasteiger partial charge in [-0.3, -0.25) is 4.79 Å². The third-order valence-electron chi connectivity index (χ3n) is 3.20. The first kappa shape index (κ1) is 11.9. The summed E-state index contributed by atoms with van der Waals surface area (Å²) < 4.78 is 0. The molecular formula is C12H17N3O2. The van der Waals surface area contributed by atoms with E-state index in [1.165, 1.54) is 0 Å². The van der Waals surface area contributed by atoms with E-state index in [0.29, 0.717) is 30.4 Å². The Bertz CT molecular complexity index is 400. The number of nitrogens with two attached hydrogens (primary N) is 1. The number of nitrogen functional groups attached to an aromatic ring is 1. The number of carbonyl (C=O) groups is 1. The van der Waals surface area contributed by atoms with Crippen molar-refractivity contribution in [3.63, 3.8) is 0 Å². The molecule has 1 aliphatic rings. The van der Waals surface area contributed by atoms with Crippen LogP contribution < -0.4 is 5.73 Å². The molecule has 1 aromatic heterocycles. The van der Waals surface area contributed by atoms with Gasteiger partial charge in [-0.15, -0.1) is 0 Å². The van der Waals surface area contributed by atoms with E-state index in [0.717, 1.165) is 12.8 Å². The highest BCUT2D eigenvalue weighted by Crippen LogP contribution is 2.19. The van der Waals surface area contributed by atoms with Crippen molar-refractivity contribution in [1.29, 1.82) is 0 Å². The lowest BCUT2D eigenvalue weighted by Crippen LogP contribution is -2.39. The molecule has 0 spiro atoms. The summed E-state index contributed by atoms with van der Waals surface area (Å²) in [4.78, 5) is 17.9. The number of hydrogen-bond acceptors (Lipinski definition) is 4. The number of aliphatic hydroxyl groups is 1. The number of piperidine rings is 1. The van der Waals surface area contributed by atoms with Crippen LogP contribution in [0.2, 0.25) is 0 Å². The van der Waals surface area contributed by atoms with Crippen LogP contribution in [0.1, 0.15) is 23.3 Å². The van der Waals surface area contributed by atoms with Crippen molar-refractivity contribution in [1.82, 2.24) is 9.88 Å². The molecule has 0 atom stereocenters. The van der Waals surface area contributed by atoms with Gasteiger partial charge < -0.3 is 15.7 Å². The Morgan fingerprint density at radius 3 is 2.82 bits per heavy atom. The lowest BCUT2D eigenvalue weighted by molar-refractivity contribution is 0.0646. The van der Waals surface area contributed by atoms with E-state index < -0.39 is 0 Å². The number of aliphatic hydroxyl groups excluding tert-OH is 1. The molecule has 2 rings (SSSR count). The van der Waals surface area contributed by atoms with Gasteiger partial charge in [-0.2, -0.15) is 0 Å². The largest absolute Gasteiger partial charge is 0.397 e. The molecule has 92 valence electrons. The van der Waals surface area contributed by atoms with Gasteiger partial charge in [0.2, 0.25) is 0 Å². The van der Waals surface area contributed by atoms with E-state index in [4.69, 9.17) is 10.8 Å². The maximum absolute atomic E-state index is 12.1. The van der Waals surface area contributed by atoms with E-state index in [1.807, 2.05) is 0 Å². The van der Waals surface area contributed by atoms with Gasteiger partial charge >= 0.3 is 0 Å². The molecular weight excluding hydrogens is 218 g/mol. The van der Waals surface area contributed by atoms with E-state index in [1.54, 1.807) is 23.2 Å². The number of rotatable bonds is 2. The van der Waals surface area contributed by atoms with Crippen molar-refractivity contribution < 1.29 is 9.90 Å². The van der Waals surface area contributed by atoms with Crippen LogP contribution in [-0.2, 0) is 0 Å². The van der Waals surface area contributed by atoms with Crippen LogP contribution in [-0.4, -0.2) is 40.6 Å². The fourth-order valence-electron chi connectivity index (χ4n) is 2.06. The summed E-state index contributed by atoms with van der Waals surface area (Å²) in [5.74, 6) is 0.208. The van der Waals surface area contributed by atoms with Crippen LogP contribution in [0.3, 0.4) is 0 Å². The first-order valence-electron chi connectivity index (χ1n) is 5.83. The Labute approximate surface area is 100 Å². The van der Waals surface area contributed by atoms with Gasteiger partial charge in [0.25, 0.3) is 5.91 Å². The zero-order chi connectivity index (χ0) is 12.3. The van der Waals surface area contributed by atoms with Crippen LogP contribution >= 0.6 is 0 Å². The fraction of sp³-hybridized carbons (Fsp3) is 0.500. The van der Waals surface area contributed by atoms with Crippen LogP contribution in [0.25, 0.3) is 0 Å². The van der Waals surface area contributed by atoms with Crippen molar-refractivity contribution in [2.75, 3.05) is 25.4 Å². The minimum absolute atomic E-state index is 0.112. The van der Waals surface area contributed by atoms with Gasteiger partial charge in [0, 0.05) is 25.9 Å². The van der Waals surface area contributed by atoms with Gasteiger partial charge in [0.1, 0.15) is 0 Å². The van der Waals surface area contributed by atoms with Gasteiger partial charge in [0.05, 0.1) is 5.69 Å². The summed E-state index contributed by atoms with van der Waals surface area (Å²) in [7, 11) is 0. The van der Waals surface area contributed by atoms with E-state index in [-0.39, 0.29) is 12.5 Å². The lowest BCUT2D eigenvalue weighted by atomic mass is 9.97. The van der Waals surface area contributed by atoms with Gasteiger partial charge in [-0.1, -0.05) is 0 Å². The number of aromatic nitrogens is 1. The van der Waals surface area contributed by atoms with E-state index >= 15 is 0 Å². The highest BCUT2D eigenvalue weighted by Gasteiger charge is 2.24. The van der Waals surface area contributed by atoms with Crippen molar-refractivity contribution in [3.8, 4) is 0 Å². The third-order valence-corrected chi connectivity index (χ3v) is 3.20. The van der Waals surface area contributed by atoms with Crippen LogP contribution in [0, 0.1) is 5.92 Å². The molecule has 1 saturated heterocycles. The predicted octanol–water partition coefficient (Wildman–Crippen LogP) is 0.508. The van der Waals surface area contributed by atoms with Crippen molar-refractivity contribution in [2.24, 2.45) is 5.92 Å². The minimum atomic E-state index is -0.112. The molecule has 0 unspecified atom stereocenters. The van der Waals surface area contributed by atoms with Crippen LogP contribution in [0.15, 0.2) is 18.3 Å². The highest BCUT2D eigenvalue weighted by molar-refractivity contribution is 5.97. The maximum Gasteiger partial charge on any atom is 0.274 e. The molecule has 5 heteroatoms. The Morgan fingerprint density at radius 2 is 2.24 bits per heavy atom. The normalized spacial score (nSPS) is 17.1. The summed E-state index contributed by atoms with van der Waals surface area (Å²) in [6.45, 7) is 1.54. The molecule has 1 aromatic rings. The average Bonchev–Trinajstić information content (AvgIpc) is 2.39. The van der Waals surface area contributed by atoms with Crippen LogP contribution in [0.5, 0.6) is 0 Å². The number of nitrogens with zero attached hydrogens (tertiary/aromatic N) is 2. The van der Waals surface area contributed by atoms with Crippen molar-refractivity contribution in [2.45, 2.75) is 12.8 Å². The quantitative estimate of drug-likeness (QED) is 0.782. The Morgan fingerprint density at radius 1 is 1.53 bits per heavy atom.